The van der Waals surface area contributed by atoms with Gasteiger partial charge in [-0.1, -0.05) is 6.92 Å². The first kappa shape index (κ1) is 15.7. The Morgan fingerprint density at radius 1 is 1.57 bits per heavy atom. The molecule has 1 saturated heterocycles. The maximum atomic E-state index is 13.4. The number of carbonyl (C=O) groups is 1. The third-order valence-corrected chi connectivity index (χ3v) is 3.56. The lowest BCUT2D eigenvalue weighted by atomic mass is 10.0. The zero-order valence-electron chi connectivity index (χ0n) is 12.5. The number of halogens is 1. The molecule has 1 amide bonds. The van der Waals surface area contributed by atoms with E-state index in [9.17, 15) is 9.18 Å². The minimum absolute atomic E-state index is 0.227. The van der Waals surface area contributed by atoms with Gasteiger partial charge in [-0.3, -0.25) is 4.79 Å². The van der Waals surface area contributed by atoms with E-state index in [2.05, 4.69) is 15.6 Å². The van der Waals surface area contributed by atoms with E-state index in [1.807, 2.05) is 13.8 Å². The SMILES string of the molecule is CCCNc1ncc(F)cc1C(=O)NCC1(C)CCCO1. The Labute approximate surface area is 124 Å². The largest absolute Gasteiger partial charge is 0.373 e. The molecule has 0 radical (unpaired) electrons. The molecule has 1 fully saturated rings. The van der Waals surface area contributed by atoms with Crippen molar-refractivity contribution in [3.8, 4) is 0 Å². The predicted octanol–water partition coefficient (Wildman–Crippen LogP) is 2.34. The van der Waals surface area contributed by atoms with E-state index in [4.69, 9.17) is 4.74 Å². The van der Waals surface area contributed by atoms with Crippen LogP contribution in [0.5, 0.6) is 0 Å². The molecule has 0 aromatic carbocycles. The molecule has 0 bridgehead atoms. The summed E-state index contributed by atoms with van der Waals surface area (Å²) in [5.74, 6) is -0.448. The lowest BCUT2D eigenvalue weighted by molar-refractivity contribution is 0.0206. The van der Waals surface area contributed by atoms with Gasteiger partial charge in [0, 0.05) is 19.7 Å². The number of nitrogens with zero attached hydrogens (tertiary/aromatic N) is 1. The maximum Gasteiger partial charge on any atom is 0.255 e. The van der Waals surface area contributed by atoms with Crippen molar-refractivity contribution in [2.45, 2.75) is 38.7 Å². The maximum absolute atomic E-state index is 13.4. The summed E-state index contributed by atoms with van der Waals surface area (Å²) in [5, 5.41) is 5.85. The molecule has 1 atom stereocenters. The zero-order chi connectivity index (χ0) is 15.3. The molecule has 0 saturated carbocycles. The zero-order valence-corrected chi connectivity index (χ0v) is 12.5. The molecule has 2 heterocycles. The number of amides is 1. The second kappa shape index (κ2) is 6.85. The molecule has 1 aromatic rings. The van der Waals surface area contributed by atoms with E-state index in [1.54, 1.807) is 0 Å². The van der Waals surface area contributed by atoms with Gasteiger partial charge in [-0.05, 0) is 32.3 Å². The summed E-state index contributed by atoms with van der Waals surface area (Å²) in [6.07, 6.45) is 3.91. The van der Waals surface area contributed by atoms with E-state index < -0.39 is 5.82 Å². The number of ether oxygens (including phenoxy) is 1. The van der Waals surface area contributed by atoms with Crippen LogP contribution < -0.4 is 10.6 Å². The molecule has 1 aromatic heterocycles. The van der Waals surface area contributed by atoms with Gasteiger partial charge >= 0.3 is 0 Å². The fourth-order valence-corrected chi connectivity index (χ4v) is 2.34. The summed E-state index contributed by atoms with van der Waals surface area (Å²) < 4.78 is 19.0. The van der Waals surface area contributed by atoms with E-state index in [-0.39, 0.29) is 17.1 Å². The average molecular weight is 295 g/mol. The van der Waals surface area contributed by atoms with Gasteiger partial charge in [0.2, 0.25) is 0 Å². The Morgan fingerprint density at radius 2 is 2.38 bits per heavy atom. The molecule has 1 unspecified atom stereocenters. The minimum atomic E-state index is -0.523. The van der Waals surface area contributed by atoms with Crippen LogP contribution in [0.2, 0.25) is 0 Å². The van der Waals surface area contributed by atoms with Gasteiger partial charge in [-0.25, -0.2) is 9.37 Å². The Hall–Kier alpha value is -1.69. The van der Waals surface area contributed by atoms with Crippen molar-refractivity contribution in [1.29, 1.82) is 0 Å². The summed E-state index contributed by atoms with van der Waals surface area (Å²) in [4.78, 5) is 16.2. The van der Waals surface area contributed by atoms with Crippen molar-refractivity contribution >= 4 is 11.7 Å². The summed E-state index contributed by atoms with van der Waals surface area (Å²) in [6, 6.07) is 1.21. The van der Waals surface area contributed by atoms with Gasteiger partial charge in [-0.15, -0.1) is 0 Å². The second-order valence-corrected chi connectivity index (χ2v) is 5.56. The van der Waals surface area contributed by atoms with E-state index in [0.717, 1.165) is 32.1 Å². The molecule has 0 spiro atoms. The first-order valence-electron chi connectivity index (χ1n) is 7.36. The Bertz CT molecular complexity index is 502. The van der Waals surface area contributed by atoms with Crippen LogP contribution in [0.15, 0.2) is 12.3 Å². The van der Waals surface area contributed by atoms with Crippen molar-refractivity contribution in [2.24, 2.45) is 0 Å². The molecular formula is C15H22FN3O2. The van der Waals surface area contributed by atoms with Gasteiger partial charge in [-0.2, -0.15) is 0 Å². The van der Waals surface area contributed by atoms with E-state index in [0.29, 0.717) is 18.9 Å². The number of rotatable bonds is 6. The number of aromatic nitrogens is 1. The smallest absolute Gasteiger partial charge is 0.255 e. The van der Waals surface area contributed by atoms with Gasteiger partial charge in [0.1, 0.15) is 11.6 Å². The lowest BCUT2D eigenvalue weighted by Crippen LogP contribution is -2.40. The van der Waals surface area contributed by atoms with Crippen LogP contribution in [-0.2, 0) is 4.74 Å². The second-order valence-electron chi connectivity index (χ2n) is 5.56. The summed E-state index contributed by atoms with van der Waals surface area (Å²) in [6.45, 7) is 5.79. The van der Waals surface area contributed by atoms with Crippen molar-refractivity contribution < 1.29 is 13.9 Å². The van der Waals surface area contributed by atoms with Crippen molar-refractivity contribution in [1.82, 2.24) is 10.3 Å². The predicted molar refractivity (Wildman–Crippen MR) is 78.9 cm³/mol. The van der Waals surface area contributed by atoms with E-state index >= 15 is 0 Å². The molecule has 1 aliphatic heterocycles. The van der Waals surface area contributed by atoms with Crippen LogP contribution in [0.1, 0.15) is 43.5 Å². The van der Waals surface area contributed by atoms with Crippen molar-refractivity contribution in [2.75, 3.05) is 25.0 Å². The number of hydrogen-bond donors (Lipinski definition) is 2. The molecule has 5 nitrogen and oxygen atoms in total. The van der Waals surface area contributed by atoms with Crippen LogP contribution in [0.25, 0.3) is 0 Å². The minimum Gasteiger partial charge on any atom is -0.373 e. The van der Waals surface area contributed by atoms with Crippen molar-refractivity contribution in [3.05, 3.63) is 23.6 Å². The normalized spacial score (nSPS) is 21.3. The van der Waals surface area contributed by atoms with Crippen molar-refractivity contribution in [3.63, 3.8) is 0 Å². The van der Waals surface area contributed by atoms with Gasteiger partial charge < -0.3 is 15.4 Å². The molecule has 0 aliphatic carbocycles. The highest BCUT2D eigenvalue weighted by Gasteiger charge is 2.30. The molecular weight excluding hydrogens is 273 g/mol. The number of nitrogens with one attached hydrogen (secondary N) is 2. The highest BCUT2D eigenvalue weighted by atomic mass is 19.1. The number of pyridine rings is 1. The number of anilines is 1. The lowest BCUT2D eigenvalue weighted by Gasteiger charge is -2.23. The topological polar surface area (TPSA) is 63.2 Å². The monoisotopic (exact) mass is 295 g/mol. The number of hydrogen-bond acceptors (Lipinski definition) is 4. The fraction of sp³-hybridized carbons (Fsp3) is 0.600. The van der Waals surface area contributed by atoms with E-state index in [1.165, 1.54) is 6.07 Å². The average Bonchev–Trinajstić information content (AvgIpc) is 2.91. The van der Waals surface area contributed by atoms with Crippen LogP contribution >= 0.6 is 0 Å². The molecule has 2 N–H and O–H groups in total. The summed E-state index contributed by atoms with van der Waals surface area (Å²) in [7, 11) is 0. The first-order chi connectivity index (χ1) is 10.0. The molecule has 1 aliphatic rings. The van der Waals surface area contributed by atoms with Gasteiger partial charge in [0.05, 0.1) is 17.4 Å². The van der Waals surface area contributed by atoms with Gasteiger partial charge in [0.25, 0.3) is 5.91 Å². The highest BCUT2D eigenvalue weighted by molar-refractivity contribution is 5.98. The quantitative estimate of drug-likeness (QED) is 0.845. The third-order valence-electron chi connectivity index (χ3n) is 3.56. The standard InChI is InChI=1S/C15H22FN3O2/c1-3-6-17-13-12(8-11(16)9-18-13)14(20)19-10-15(2)5-4-7-21-15/h8-9H,3-7,10H2,1-2H3,(H,17,18)(H,19,20). The van der Waals surface area contributed by atoms with Crippen LogP contribution in [-0.4, -0.2) is 36.2 Å². The first-order valence-corrected chi connectivity index (χ1v) is 7.36. The third kappa shape index (κ3) is 4.14. The molecule has 21 heavy (non-hydrogen) atoms. The Balaban J connectivity index is 2.04. The van der Waals surface area contributed by atoms with Crippen LogP contribution in [0, 0.1) is 5.82 Å². The van der Waals surface area contributed by atoms with Crippen LogP contribution in [0.4, 0.5) is 10.2 Å². The molecule has 116 valence electrons. The molecule has 6 heteroatoms. The summed E-state index contributed by atoms with van der Waals surface area (Å²) in [5.41, 5.74) is -0.0991. The highest BCUT2D eigenvalue weighted by Crippen LogP contribution is 2.24. The fourth-order valence-electron chi connectivity index (χ4n) is 2.34. The van der Waals surface area contributed by atoms with Gasteiger partial charge in [0.15, 0.2) is 0 Å². The number of carbonyl (C=O) groups excluding carboxylic acids is 1. The van der Waals surface area contributed by atoms with Crippen LogP contribution in [0.3, 0.4) is 0 Å². The molecule has 2 rings (SSSR count). The summed E-state index contributed by atoms with van der Waals surface area (Å²) >= 11 is 0. The Morgan fingerprint density at radius 3 is 3.05 bits per heavy atom. The Kier molecular flexibility index (Phi) is 5.12.